The maximum absolute atomic E-state index is 13.3. The second kappa shape index (κ2) is 16.5. The van der Waals surface area contributed by atoms with Crippen LogP contribution in [0.4, 0.5) is 0 Å². The van der Waals surface area contributed by atoms with Crippen molar-refractivity contribution >= 4 is 11.9 Å². The van der Waals surface area contributed by atoms with Crippen molar-refractivity contribution in [2.45, 2.75) is 33.2 Å². The van der Waals surface area contributed by atoms with Gasteiger partial charge in [0.1, 0.15) is 43.6 Å². The molecule has 5 aromatic carbocycles. The number of ether oxygens (including phenoxy) is 4. The number of rotatable bonds is 15. The summed E-state index contributed by atoms with van der Waals surface area (Å²) in [5.74, 6) is 1.19. The summed E-state index contributed by atoms with van der Waals surface area (Å²) in [4.78, 5) is 25.2. The van der Waals surface area contributed by atoms with Gasteiger partial charge in [0, 0.05) is 17.5 Å². The number of nitrogens with one attached hydrogen (secondary N) is 1. The second-order valence-electron chi connectivity index (χ2n) is 10.6. The van der Waals surface area contributed by atoms with Crippen LogP contribution in [0.25, 0.3) is 0 Å². The van der Waals surface area contributed by atoms with Gasteiger partial charge in [0.15, 0.2) is 0 Å². The minimum atomic E-state index is -0.495. The average molecular weight is 616 g/mol. The molecular weight excluding hydrogens is 578 g/mol. The minimum Gasteiger partial charge on any atom is -0.489 e. The third kappa shape index (κ3) is 9.47. The van der Waals surface area contributed by atoms with Crippen molar-refractivity contribution in [1.82, 2.24) is 5.32 Å². The van der Waals surface area contributed by atoms with E-state index >= 15 is 0 Å². The molecule has 0 bridgehead atoms. The maximum Gasteiger partial charge on any atom is 0.325 e. The Kier molecular flexibility index (Phi) is 11.4. The molecule has 1 N–H and O–H groups in total. The first-order valence-electron chi connectivity index (χ1n) is 15.3. The van der Waals surface area contributed by atoms with Gasteiger partial charge in [-0.05, 0) is 65.6 Å². The zero-order valence-corrected chi connectivity index (χ0v) is 25.8. The molecule has 7 heteroatoms. The molecule has 0 aliphatic rings. The monoisotopic (exact) mass is 615 g/mol. The first-order chi connectivity index (χ1) is 22.6. The van der Waals surface area contributed by atoms with Gasteiger partial charge in [-0.1, -0.05) is 91.0 Å². The van der Waals surface area contributed by atoms with Crippen LogP contribution in [0.5, 0.6) is 17.2 Å². The Morgan fingerprint density at radius 2 is 1.20 bits per heavy atom. The van der Waals surface area contributed by atoms with Crippen LogP contribution in [-0.4, -0.2) is 25.0 Å². The van der Waals surface area contributed by atoms with Crippen molar-refractivity contribution in [3.05, 3.63) is 161 Å². The van der Waals surface area contributed by atoms with E-state index in [0.29, 0.717) is 36.5 Å². The molecule has 0 heterocycles. The van der Waals surface area contributed by atoms with Crippen LogP contribution in [0, 0.1) is 0 Å². The summed E-state index contributed by atoms with van der Waals surface area (Å²) >= 11 is 0. The fraction of sp³-hybridized carbons (Fsp3) is 0.179. The van der Waals surface area contributed by atoms with E-state index in [-0.39, 0.29) is 25.7 Å². The lowest BCUT2D eigenvalue weighted by Gasteiger charge is -2.17. The van der Waals surface area contributed by atoms with E-state index in [1.165, 1.54) is 0 Å². The lowest BCUT2D eigenvalue weighted by molar-refractivity contribution is -0.141. The van der Waals surface area contributed by atoms with Crippen LogP contribution in [0.15, 0.2) is 127 Å². The van der Waals surface area contributed by atoms with E-state index in [1.807, 2.05) is 115 Å². The summed E-state index contributed by atoms with van der Waals surface area (Å²) in [5.41, 5.74) is 5.20. The number of amides is 1. The molecule has 46 heavy (non-hydrogen) atoms. The third-order valence-corrected chi connectivity index (χ3v) is 7.17. The van der Waals surface area contributed by atoms with Gasteiger partial charge >= 0.3 is 5.97 Å². The first kappa shape index (κ1) is 31.9. The number of carbonyl (C=O) groups is 2. The van der Waals surface area contributed by atoms with Gasteiger partial charge in [-0.25, -0.2) is 0 Å². The van der Waals surface area contributed by atoms with Crippen LogP contribution in [0.3, 0.4) is 0 Å². The topological polar surface area (TPSA) is 83.1 Å². The summed E-state index contributed by atoms with van der Waals surface area (Å²) in [6.07, 6.45) is 0.428. The normalized spacial score (nSPS) is 10.5. The molecule has 0 spiro atoms. The Hall–Kier alpha value is -5.56. The van der Waals surface area contributed by atoms with Crippen molar-refractivity contribution in [3.63, 3.8) is 0 Å². The van der Waals surface area contributed by atoms with Crippen LogP contribution in [-0.2, 0) is 35.8 Å². The molecular formula is C39H37NO6. The molecule has 0 aliphatic carbocycles. The van der Waals surface area contributed by atoms with Crippen LogP contribution < -0.4 is 19.5 Å². The fourth-order valence-corrected chi connectivity index (χ4v) is 4.83. The molecule has 0 saturated heterocycles. The molecule has 5 aromatic rings. The Labute approximate surface area is 269 Å². The van der Waals surface area contributed by atoms with Crippen molar-refractivity contribution in [2.24, 2.45) is 0 Å². The van der Waals surface area contributed by atoms with Gasteiger partial charge in [0.2, 0.25) is 0 Å². The highest BCUT2D eigenvalue weighted by Gasteiger charge is 2.18. The Balaban J connectivity index is 1.31. The van der Waals surface area contributed by atoms with Crippen molar-refractivity contribution in [2.75, 3.05) is 13.2 Å². The minimum absolute atomic E-state index is 0.222. The van der Waals surface area contributed by atoms with E-state index in [0.717, 1.165) is 33.8 Å². The van der Waals surface area contributed by atoms with Crippen LogP contribution >= 0.6 is 0 Å². The van der Waals surface area contributed by atoms with Gasteiger partial charge in [0.25, 0.3) is 5.91 Å². The molecule has 0 aromatic heterocycles. The van der Waals surface area contributed by atoms with Gasteiger partial charge < -0.3 is 24.3 Å². The van der Waals surface area contributed by atoms with E-state index < -0.39 is 5.97 Å². The van der Waals surface area contributed by atoms with Crippen LogP contribution in [0.1, 0.15) is 45.1 Å². The summed E-state index contributed by atoms with van der Waals surface area (Å²) in [5, 5.41) is 2.68. The highest BCUT2D eigenvalue weighted by molar-refractivity contribution is 5.98. The molecule has 0 saturated carbocycles. The van der Waals surface area contributed by atoms with Crippen molar-refractivity contribution < 1.29 is 28.5 Å². The lowest BCUT2D eigenvalue weighted by Crippen LogP contribution is -2.31. The predicted molar refractivity (Wildman–Crippen MR) is 177 cm³/mol. The summed E-state index contributed by atoms with van der Waals surface area (Å²) in [7, 11) is 0. The second-order valence-corrected chi connectivity index (χ2v) is 10.6. The Morgan fingerprint density at radius 1 is 0.587 bits per heavy atom. The molecule has 0 radical (unpaired) electrons. The molecule has 0 unspecified atom stereocenters. The Morgan fingerprint density at radius 3 is 1.87 bits per heavy atom. The van der Waals surface area contributed by atoms with E-state index in [4.69, 9.17) is 18.9 Å². The first-order valence-corrected chi connectivity index (χ1v) is 15.3. The standard InChI is InChI=1S/C39H37NO6/c1-2-43-38(41)25-40-39(42)35-17-10-18-37(46-28-32-15-9-16-34(23-32)45-27-31-13-7-4-8-14-31)36(35)24-29-19-21-33(22-20-29)44-26-30-11-5-3-6-12-30/h3-23H,2,24-28H2,1H3,(H,40,42). The molecule has 0 fully saturated rings. The fourth-order valence-electron chi connectivity index (χ4n) is 4.83. The van der Waals surface area contributed by atoms with Gasteiger partial charge in [-0.15, -0.1) is 0 Å². The van der Waals surface area contributed by atoms with E-state index in [9.17, 15) is 9.59 Å². The SMILES string of the molecule is CCOC(=O)CNC(=O)c1cccc(OCc2cccc(OCc3ccccc3)c2)c1Cc1ccc(OCc2ccccc2)cc1. The average Bonchev–Trinajstić information content (AvgIpc) is 3.10. The third-order valence-electron chi connectivity index (χ3n) is 7.17. The zero-order chi connectivity index (χ0) is 32.0. The van der Waals surface area contributed by atoms with E-state index in [2.05, 4.69) is 5.32 Å². The number of benzene rings is 5. The lowest BCUT2D eigenvalue weighted by atomic mass is 9.98. The molecule has 7 nitrogen and oxygen atoms in total. The number of hydrogen-bond donors (Lipinski definition) is 1. The molecule has 0 aliphatic heterocycles. The van der Waals surface area contributed by atoms with Gasteiger partial charge in [-0.2, -0.15) is 0 Å². The number of carbonyl (C=O) groups excluding carboxylic acids is 2. The number of esters is 1. The smallest absolute Gasteiger partial charge is 0.325 e. The predicted octanol–water partition coefficient (Wildman–Crippen LogP) is 7.31. The van der Waals surface area contributed by atoms with Crippen molar-refractivity contribution in [3.8, 4) is 17.2 Å². The number of hydrogen-bond acceptors (Lipinski definition) is 6. The van der Waals surface area contributed by atoms with Crippen molar-refractivity contribution in [1.29, 1.82) is 0 Å². The Bertz CT molecular complexity index is 1700. The van der Waals surface area contributed by atoms with Gasteiger partial charge in [0.05, 0.1) is 6.61 Å². The van der Waals surface area contributed by atoms with Gasteiger partial charge in [-0.3, -0.25) is 9.59 Å². The molecule has 1 amide bonds. The van der Waals surface area contributed by atoms with Crippen LogP contribution in [0.2, 0.25) is 0 Å². The highest BCUT2D eigenvalue weighted by Crippen LogP contribution is 2.28. The molecule has 5 rings (SSSR count). The van der Waals surface area contributed by atoms with E-state index in [1.54, 1.807) is 19.1 Å². The largest absolute Gasteiger partial charge is 0.489 e. The summed E-state index contributed by atoms with van der Waals surface area (Å²) < 4.78 is 23.3. The molecule has 0 atom stereocenters. The highest BCUT2D eigenvalue weighted by atomic mass is 16.5. The summed E-state index contributed by atoms with van der Waals surface area (Å²) in [6, 6.07) is 40.9. The zero-order valence-electron chi connectivity index (χ0n) is 25.8. The quantitative estimate of drug-likeness (QED) is 0.124. The maximum atomic E-state index is 13.3. The summed E-state index contributed by atoms with van der Waals surface area (Å²) in [6.45, 7) is 2.96. The molecule has 234 valence electrons.